The second kappa shape index (κ2) is 11.4. The highest BCUT2D eigenvalue weighted by atomic mass is 16.5. The number of hydrogen-bond acceptors (Lipinski definition) is 5. The van der Waals surface area contributed by atoms with E-state index in [0.29, 0.717) is 18.4 Å². The molecule has 2 heterocycles. The molecule has 1 saturated carbocycles. The van der Waals surface area contributed by atoms with Crippen LogP contribution in [0.25, 0.3) is 22.2 Å². The number of aromatic nitrogens is 1. The largest absolute Gasteiger partial charge is 0.493 e. The molecule has 1 aromatic heterocycles. The van der Waals surface area contributed by atoms with Crippen LogP contribution in [0.5, 0.6) is 11.5 Å². The Bertz CT molecular complexity index is 1280. The number of H-pyrrole nitrogens is 1. The first kappa shape index (κ1) is 26.6. The van der Waals surface area contributed by atoms with Gasteiger partial charge in [0.05, 0.1) is 32.6 Å². The first-order valence-electron chi connectivity index (χ1n) is 14.0. The number of aliphatic hydroxyl groups excluding tert-OH is 1. The average Bonchev–Trinajstić information content (AvgIpc) is 3.54. The minimum absolute atomic E-state index is 0.0589. The lowest BCUT2D eigenvalue weighted by atomic mass is 9.87. The van der Waals surface area contributed by atoms with E-state index in [1.165, 1.54) is 16.5 Å². The van der Waals surface area contributed by atoms with Crippen LogP contribution in [0.2, 0.25) is 0 Å². The Kier molecular flexibility index (Phi) is 7.96. The number of rotatable bonds is 8. The van der Waals surface area contributed by atoms with Crippen molar-refractivity contribution in [3.05, 3.63) is 47.5 Å². The topological polar surface area (TPSA) is 86.8 Å². The Morgan fingerprint density at radius 2 is 1.82 bits per heavy atom. The van der Waals surface area contributed by atoms with Gasteiger partial charge >= 0.3 is 0 Å². The number of benzene rings is 2. The number of nitrogens with one attached hydrogen (secondary N) is 2. The molecule has 38 heavy (non-hydrogen) atoms. The van der Waals surface area contributed by atoms with Gasteiger partial charge in [0.2, 0.25) is 5.91 Å². The van der Waals surface area contributed by atoms with Crippen molar-refractivity contribution in [2.24, 2.45) is 0 Å². The zero-order chi connectivity index (χ0) is 26.8. The summed E-state index contributed by atoms with van der Waals surface area (Å²) in [6.45, 7) is 6.35. The molecule has 204 valence electrons. The molecule has 2 atom stereocenters. The second-order valence-electron chi connectivity index (χ2n) is 11.1. The van der Waals surface area contributed by atoms with E-state index in [1.54, 1.807) is 14.2 Å². The van der Waals surface area contributed by atoms with Crippen LogP contribution in [0, 0.1) is 0 Å². The number of carbonyl (C=O) groups excluding carboxylic acids is 1. The summed E-state index contributed by atoms with van der Waals surface area (Å²) >= 11 is 0. The van der Waals surface area contributed by atoms with Crippen LogP contribution in [0.4, 0.5) is 0 Å². The average molecular weight is 520 g/mol. The quantitative estimate of drug-likeness (QED) is 0.382. The number of hydrogen-bond donors (Lipinski definition) is 3. The predicted octanol–water partition coefficient (Wildman–Crippen LogP) is 5.18. The Morgan fingerprint density at radius 3 is 2.47 bits per heavy atom. The number of carbonyl (C=O) groups is 1. The van der Waals surface area contributed by atoms with Crippen LogP contribution >= 0.6 is 0 Å². The molecule has 7 nitrogen and oxygen atoms in total. The number of amides is 1. The third-order valence-corrected chi connectivity index (χ3v) is 8.43. The summed E-state index contributed by atoms with van der Waals surface area (Å²) in [6, 6.07) is 12.9. The van der Waals surface area contributed by atoms with E-state index in [2.05, 4.69) is 48.4 Å². The summed E-state index contributed by atoms with van der Waals surface area (Å²) in [5.74, 6) is 2.36. The summed E-state index contributed by atoms with van der Waals surface area (Å²) in [6.07, 6.45) is 4.42. The Hall–Kier alpha value is -3.03. The Balaban J connectivity index is 1.31. The van der Waals surface area contributed by atoms with Gasteiger partial charge in [-0.1, -0.05) is 19.9 Å². The maximum absolute atomic E-state index is 12.8. The standard InChI is InChI=1S/C31H41N3O4/c1-19(2)30-23-16-21(8-10-24(23)33-31(30)22-9-11-27(37-3)28(17-22)38-4)20-12-14-34(15-13-20)29(36)18-32-25-6-5-7-26(25)35/h8-11,16-17,19-20,25-26,32-33,35H,5-7,12-15,18H2,1-4H3. The molecule has 0 bridgehead atoms. The zero-order valence-electron chi connectivity index (χ0n) is 23.0. The molecule has 3 aromatic rings. The number of aromatic amines is 1. The van der Waals surface area contributed by atoms with E-state index >= 15 is 0 Å². The minimum atomic E-state index is -0.320. The maximum atomic E-state index is 12.8. The molecule has 2 aromatic carbocycles. The van der Waals surface area contributed by atoms with Crippen LogP contribution in [-0.4, -0.2) is 66.9 Å². The molecule has 2 unspecified atom stereocenters. The van der Waals surface area contributed by atoms with Crippen molar-refractivity contribution in [1.82, 2.24) is 15.2 Å². The number of piperidine rings is 1. The number of ether oxygens (including phenoxy) is 2. The maximum Gasteiger partial charge on any atom is 0.236 e. The normalized spacial score (nSPS) is 20.4. The second-order valence-corrected chi connectivity index (χ2v) is 11.1. The number of nitrogens with zero attached hydrogens (tertiary/aromatic N) is 1. The van der Waals surface area contributed by atoms with E-state index in [-0.39, 0.29) is 18.1 Å². The van der Waals surface area contributed by atoms with Crippen molar-refractivity contribution in [2.45, 2.75) is 69.9 Å². The van der Waals surface area contributed by atoms with E-state index in [4.69, 9.17) is 9.47 Å². The number of methoxy groups -OCH3 is 2. The first-order chi connectivity index (χ1) is 18.4. The highest BCUT2D eigenvalue weighted by molar-refractivity contribution is 5.92. The summed E-state index contributed by atoms with van der Waals surface area (Å²) in [7, 11) is 3.32. The summed E-state index contributed by atoms with van der Waals surface area (Å²) in [5, 5.41) is 14.6. The van der Waals surface area contributed by atoms with Crippen LogP contribution in [0.15, 0.2) is 36.4 Å². The van der Waals surface area contributed by atoms with E-state index < -0.39 is 0 Å². The van der Waals surface area contributed by atoms with Gasteiger partial charge in [0.1, 0.15) is 0 Å². The Morgan fingerprint density at radius 1 is 1.05 bits per heavy atom. The SMILES string of the molecule is COc1ccc(-c2[nH]c3ccc(C4CCN(C(=O)CNC5CCCC5O)CC4)cc3c2C(C)C)cc1OC. The van der Waals surface area contributed by atoms with Crippen LogP contribution in [0.1, 0.15) is 68.9 Å². The number of likely N-dealkylation sites (tertiary alicyclic amines) is 1. The lowest BCUT2D eigenvalue weighted by Gasteiger charge is -2.33. The molecule has 7 heteroatoms. The molecular formula is C31H41N3O4. The van der Waals surface area contributed by atoms with Gasteiger partial charge in [0.25, 0.3) is 0 Å². The molecule has 1 saturated heterocycles. The highest BCUT2D eigenvalue weighted by Crippen LogP contribution is 2.40. The fraction of sp³-hybridized carbons (Fsp3) is 0.516. The van der Waals surface area contributed by atoms with Gasteiger partial charge < -0.3 is 29.8 Å². The van der Waals surface area contributed by atoms with Gasteiger partial charge in [-0.2, -0.15) is 0 Å². The highest BCUT2D eigenvalue weighted by Gasteiger charge is 2.28. The fourth-order valence-corrected chi connectivity index (χ4v) is 6.27. The smallest absolute Gasteiger partial charge is 0.236 e. The van der Waals surface area contributed by atoms with Gasteiger partial charge in [-0.25, -0.2) is 0 Å². The molecule has 0 spiro atoms. The van der Waals surface area contributed by atoms with Crippen LogP contribution in [0.3, 0.4) is 0 Å². The van der Waals surface area contributed by atoms with E-state index in [0.717, 1.165) is 73.5 Å². The molecule has 2 fully saturated rings. The molecular weight excluding hydrogens is 478 g/mol. The van der Waals surface area contributed by atoms with Crippen molar-refractivity contribution in [3.8, 4) is 22.8 Å². The van der Waals surface area contributed by atoms with Crippen LogP contribution in [-0.2, 0) is 4.79 Å². The van der Waals surface area contributed by atoms with Gasteiger partial charge in [-0.3, -0.25) is 4.79 Å². The molecule has 5 rings (SSSR count). The monoisotopic (exact) mass is 519 g/mol. The molecule has 0 radical (unpaired) electrons. The van der Waals surface area contributed by atoms with Crippen molar-refractivity contribution >= 4 is 16.8 Å². The summed E-state index contributed by atoms with van der Waals surface area (Å²) in [5.41, 5.74) is 5.98. The first-order valence-corrected chi connectivity index (χ1v) is 14.0. The molecule has 1 aliphatic heterocycles. The summed E-state index contributed by atoms with van der Waals surface area (Å²) < 4.78 is 11.0. The van der Waals surface area contributed by atoms with Crippen molar-refractivity contribution in [2.75, 3.05) is 33.9 Å². The molecule has 3 N–H and O–H groups in total. The lowest BCUT2D eigenvalue weighted by Crippen LogP contribution is -2.46. The van der Waals surface area contributed by atoms with Gasteiger partial charge in [-0.15, -0.1) is 0 Å². The van der Waals surface area contributed by atoms with Gasteiger partial charge in [0, 0.05) is 35.6 Å². The minimum Gasteiger partial charge on any atom is -0.493 e. The van der Waals surface area contributed by atoms with Gasteiger partial charge in [0.15, 0.2) is 11.5 Å². The molecule has 1 aliphatic carbocycles. The predicted molar refractivity (Wildman–Crippen MR) is 151 cm³/mol. The van der Waals surface area contributed by atoms with E-state index in [1.807, 2.05) is 17.0 Å². The number of aliphatic hydroxyl groups is 1. The van der Waals surface area contributed by atoms with E-state index in [9.17, 15) is 9.90 Å². The fourth-order valence-electron chi connectivity index (χ4n) is 6.27. The third-order valence-electron chi connectivity index (χ3n) is 8.43. The summed E-state index contributed by atoms with van der Waals surface area (Å²) in [4.78, 5) is 18.4. The van der Waals surface area contributed by atoms with Crippen molar-refractivity contribution < 1.29 is 19.4 Å². The zero-order valence-corrected chi connectivity index (χ0v) is 23.0. The van der Waals surface area contributed by atoms with Crippen molar-refractivity contribution in [3.63, 3.8) is 0 Å². The number of fused-ring (bicyclic) bond motifs is 1. The molecule has 1 amide bonds. The van der Waals surface area contributed by atoms with Crippen molar-refractivity contribution in [1.29, 1.82) is 0 Å². The van der Waals surface area contributed by atoms with Crippen LogP contribution < -0.4 is 14.8 Å². The third kappa shape index (κ3) is 5.27. The van der Waals surface area contributed by atoms with Gasteiger partial charge in [-0.05, 0) is 85.4 Å². The lowest BCUT2D eigenvalue weighted by molar-refractivity contribution is -0.131. The molecule has 2 aliphatic rings. The Labute approximate surface area is 225 Å².